The zero-order chi connectivity index (χ0) is 45.8. The van der Waals surface area contributed by atoms with Crippen molar-refractivity contribution in [3.63, 3.8) is 0 Å². The Bertz CT molecular complexity index is 1880. The van der Waals surface area contributed by atoms with Crippen molar-refractivity contribution in [3.8, 4) is 11.5 Å². The first-order valence-corrected chi connectivity index (χ1v) is 22.8. The molecule has 7 fully saturated rings. The van der Waals surface area contributed by atoms with Crippen LogP contribution in [0.5, 0.6) is 11.5 Å². The van der Waals surface area contributed by atoms with Gasteiger partial charge in [0.2, 0.25) is 5.79 Å². The first-order chi connectivity index (χ1) is 29.9. The second-order valence-corrected chi connectivity index (χ2v) is 19.1. The van der Waals surface area contributed by atoms with Crippen LogP contribution in [0.25, 0.3) is 0 Å². The standard InChI is InChI=1S/C17H21NO4.C16H25NO3.C16H26O5/c1-18-12-8-9-13(18)15(17(20)21-2)14(10-12)22-16(19)11-6-4-3-5-7-11;1-11(2)14-10-15(20-13(4)18)12(3)9-16(14)19-8-7-17(5)6;1-9-5-6-12-10(2)13(17-4)18-14-16(12)11(9)7-8-15(3,19-14)20-21-16/h3-7,12-15H,8-10H2,1-2H3;9-11H,7-8H2,1-6H3;9-14H,5-8H2,1-4H3/t12-,13+,14-,15+;;9-,10-,11+,12+,13+,14-,15+,16?/m0.1/s1. The number of aryl methyl sites for hydroxylation is 1. The Morgan fingerprint density at radius 2 is 1.68 bits per heavy atom. The fraction of sp³-hybridized carbons (Fsp3) is 0.694. The Morgan fingerprint density at radius 1 is 0.952 bits per heavy atom. The van der Waals surface area contributed by atoms with Crippen molar-refractivity contribution in [2.75, 3.05) is 48.5 Å². The number of piperidine rings is 1. The molecule has 9 rings (SSSR count). The average Bonchev–Trinajstić information content (AvgIpc) is 3.36. The number of hydrogen-bond donors (Lipinski definition) is 0. The van der Waals surface area contributed by atoms with Gasteiger partial charge in [-0.25, -0.2) is 14.6 Å². The van der Waals surface area contributed by atoms with Gasteiger partial charge in [0.25, 0.3) is 0 Å². The van der Waals surface area contributed by atoms with Crippen molar-refractivity contribution in [1.29, 1.82) is 0 Å². The van der Waals surface area contributed by atoms with Crippen LogP contribution in [0.3, 0.4) is 0 Å². The van der Waals surface area contributed by atoms with Crippen LogP contribution in [0.1, 0.15) is 114 Å². The van der Waals surface area contributed by atoms with Gasteiger partial charge in [-0.05, 0) is 115 Å². The Balaban J connectivity index is 0.000000158. The van der Waals surface area contributed by atoms with Crippen LogP contribution in [0.4, 0.5) is 0 Å². The van der Waals surface area contributed by atoms with E-state index in [-0.39, 0.29) is 36.2 Å². The summed E-state index contributed by atoms with van der Waals surface area (Å²) in [6, 6.07) is 13.2. The van der Waals surface area contributed by atoms with Crippen LogP contribution >= 0.6 is 0 Å². The molecule has 12 atom stereocenters. The molecule has 1 saturated carbocycles. The average molecular weight is 881 g/mol. The summed E-state index contributed by atoms with van der Waals surface area (Å²) in [5.41, 5.74) is 2.01. The highest BCUT2D eigenvalue weighted by Crippen LogP contribution is 2.60. The van der Waals surface area contributed by atoms with Gasteiger partial charge in [-0.3, -0.25) is 14.5 Å². The van der Waals surface area contributed by atoms with Crippen LogP contribution in [-0.4, -0.2) is 118 Å². The third-order valence-corrected chi connectivity index (χ3v) is 14.3. The van der Waals surface area contributed by atoms with Gasteiger partial charge in [-0.15, -0.1) is 0 Å². The number of hydrogen-bond acceptors (Lipinski definition) is 14. The largest absolute Gasteiger partial charge is 0.492 e. The molecule has 350 valence electrons. The number of likely N-dealkylation sites (N-methyl/N-ethyl adjacent to an activating group) is 1. The second kappa shape index (κ2) is 20.7. The van der Waals surface area contributed by atoms with Crippen LogP contribution in [0.15, 0.2) is 42.5 Å². The Kier molecular flexibility index (Phi) is 16.0. The first kappa shape index (κ1) is 48.8. The van der Waals surface area contributed by atoms with Crippen molar-refractivity contribution < 1.29 is 57.3 Å². The van der Waals surface area contributed by atoms with Crippen molar-refractivity contribution in [2.45, 2.75) is 141 Å². The predicted molar refractivity (Wildman–Crippen MR) is 235 cm³/mol. The second-order valence-electron chi connectivity index (χ2n) is 19.1. The van der Waals surface area contributed by atoms with Crippen molar-refractivity contribution >= 4 is 17.9 Å². The van der Waals surface area contributed by atoms with Crippen LogP contribution < -0.4 is 9.47 Å². The summed E-state index contributed by atoms with van der Waals surface area (Å²) in [5, 5.41) is 0. The van der Waals surface area contributed by atoms with Crippen molar-refractivity contribution in [3.05, 3.63) is 59.2 Å². The maximum atomic E-state index is 12.3. The number of carbonyl (C=O) groups excluding carboxylic acids is 3. The fourth-order valence-electron chi connectivity index (χ4n) is 10.8. The number of methoxy groups -OCH3 is 2. The van der Waals surface area contributed by atoms with E-state index < -0.39 is 29.7 Å². The Hall–Kier alpha value is -3.63. The van der Waals surface area contributed by atoms with E-state index in [1.807, 2.05) is 53.2 Å². The molecule has 63 heavy (non-hydrogen) atoms. The van der Waals surface area contributed by atoms with E-state index >= 15 is 0 Å². The first-order valence-electron chi connectivity index (χ1n) is 22.8. The summed E-state index contributed by atoms with van der Waals surface area (Å²) in [6.07, 6.45) is 5.89. The molecule has 6 saturated heterocycles. The number of rotatable bonds is 10. The summed E-state index contributed by atoms with van der Waals surface area (Å²) in [5.74, 6) is 1.38. The lowest BCUT2D eigenvalue weighted by molar-refractivity contribution is -0.577. The molecule has 6 aliphatic heterocycles. The molecule has 2 aromatic rings. The van der Waals surface area contributed by atoms with Crippen LogP contribution in [0.2, 0.25) is 0 Å². The number of ether oxygens (including phenoxy) is 7. The third kappa shape index (κ3) is 10.6. The molecule has 0 aromatic heterocycles. The minimum absolute atomic E-state index is 0.0970. The number of esters is 3. The minimum Gasteiger partial charge on any atom is -0.492 e. The van der Waals surface area contributed by atoms with Crippen LogP contribution in [-0.2, 0) is 43.0 Å². The lowest BCUT2D eigenvalue weighted by Crippen LogP contribution is -2.70. The third-order valence-electron chi connectivity index (χ3n) is 14.3. The molecule has 2 aromatic carbocycles. The topological polar surface area (TPSA) is 141 Å². The van der Waals surface area contributed by atoms with E-state index in [0.29, 0.717) is 54.1 Å². The maximum absolute atomic E-state index is 12.3. The molecule has 0 radical (unpaired) electrons. The fourth-order valence-corrected chi connectivity index (χ4v) is 10.8. The van der Waals surface area contributed by atoms with E-state index in [1.165, 1.54) is 20.5 Å². The zero-order valence-electron chi connectivity index (χ0n) is 39.5. The molecule has 1 spiro atoms. The number of carbonyl (C=O) groups is 3. The Labute approximate surface area is 374 Å². The van der Waals surface area contributed by atoms with Gasteiger partial charge >= 0.3 is 17.9 Å². The number of nitrogens with zero attached hydrogens (tertiary/aromatic N) is 2. The summed E-state index contributed by atoms with van der Waals surface area (Å²) in [4.78, 5) is 51.7. The van der Waals surface area contributed by atoms with E-state index in [1.54, 1.807) is 31.4 Å². The molecule has 1 aliphatic carbocycles. The van der Waals surface area contributed by atoms with Crippen molar-refractivity contribution in [1.82, 2.24) is 9.80 Å². The van der Waals surface area contributed by atoms with Gasteiger partial charge in [0, 0.05) is 62.9 Å². The predicted octanol–water partition coefficient (Wildman–Crippen LogP) is 7.69. The lowest BCUT2D eigenvalue weighted by atomic mass is 9.58. The maximum Gasteiger partial charge on any atom is 0.338 e. The minimum atomic E-state index is -0.698. The summed E-state index contributed by atoms with van der Waals surface area (Å²) < 4.78 is 39.6. The number of benzene rings is 2. The Morgan fingerprint density at radius 3 is 2.33 bits per heavy atom. The number of fused-ring (bicyclic) bond motifs is 4. The summed E-state index contributed by atoms with van der Waals surface area (Å²) >= 11 is 0. The normalized spacial score (nSPS) is 34.1. The zero-order valence-corrected chi connectivity index (χ0v) is 39.5. The van der Waals surface area contributed by atoms with Gasteiger partial charge in [0.05, 0.1) is 12.7 Å². The highest BCUT2D eigenvalue weighted by molar-refractivity contribution is 5.89. The molecular formula is C49H72N2O12. The lowest BCUT2D eigenvalue weighted by Gasteiger charge is -2.60. The molecule has 14 heteroatoms. The molecule has 4 bridgehead atoms. The van der Waals surface area contributed by atoms with Crippen LogP contribution in [0, 0.1) is 36.5 Å². The van der Waals surface area contributed by atoms with Gasteiger partial charge in [0.15, 0.2) is 18.2 Å². The van der Waals surface area contributed by atoms with E-state index in [2.05, 4.69) is 37.5 Å². The van der Waals surface area contributed by atoms with Gasteiger partial charge in [-0.1, -0.05) is 45.9 Å². The highest BCUT2D eigenvalue weighted by atomic mass is 17.3. The van der Waals surface area contributed by atoms with Gasteiger partial charge < -0.3 is 38.1 Å². The molecule has 6 heterocycles. The van der Waals surface area contributed by atoms with Gasteiger partial charge in [0.1, 0.15) is 30.1 Å². The summed E-state index contributed by atoms with van der Waals surface area (Å²) in [7, 11) is 9.16. The SMILES string of the molecule is CC(=O)Oc1cc(C(C)C)c(OCCN(C)C)cc1C.COC(=O)[C@H]1[C@@H](OC(=O)c2ccccc2)C[C@@H]2CC[C@H]1N2C.CO[C@H]1O[C@@H]2O[C@]3(C)CC[C@H]4[C@H](C)CC[C@@H]([C@H]1C)C24OO3. The highest BCUT2D eigenvalue weighted by Gasteiger charge is 2.69. The molecular weight excluding hydrogens is 809 g/mol. The smallest absolute Gasteiger partial charge is 0.338 e. The monoisotopic (exact) mass is 881 g/mol. The van der Waals surface area contributed by atoms with E-state index in [0.717, 1.165) is 55.5 Å². The molecule has 1 unspecified atom stereocenters. The van der Waals surface area contributed by atoms with E-state index in [9.17, 15) is 14.4 Å². The quantitative estimate of drug-likeness (QED) is 0.131. The van der Waals surface area contributed by atoms with Gasteiger partial charge in [-0.2, -0.15) is 0 Å². The molecule has 0 N–H and O–H groups in total. The summed E-state index contributed by atoms with van der Waals surface area (Å²) in [6.45, 7) is 15.5. The molecule has 14 nitrogen and oxygen atoms in total. The molecule has 7 aliphatic rings. The van der Waals surface area contributed by atoms with E-state index in [4.69, 9.17) is 42.9 Å². The van der Waals surface area contributed by atoms with Crippen molar-refractivity contribution in [2.24, 2.45) is 29.6 Å². The molecule has 0 amide bonds.